The van der Waals surface area contributed by atoms with Gasteiger partial charge < -0.3 is 14.7 Å². The SMILES string of the molecule is CC1COC(CO)CN1C(=O)C1CC1c1cc(Cl)cc(Cl)c1. The van der Waals surface area contributed by atoms with Crippen LogP contribution in [0.25, 0.3) is 0 Å². The summed E-state index contributed by atoms with van der Waals surface area (Å²) in [6.07, 6.45) is 0.543. The first-order valence-corrected chi connectivity index (χ1v) is 8.24. The molecule has 4 nitrogen and oxygen atoms in total. The number of benzene rings is 1. The third kappa shape index (κ3) is 3.25. The standard InChI is InChI=1S/C16H19Cl2NO3/c1-9-8-22-13(7-20)6-19(9)16(21)15-5-14(15)10-2-11(17)4-12(18)3-10/h2-4,9,13-15,20H,5-8H2,1H3. The number of ether oxygens (including phenoxy) is 1. The van der Waals surface area contributed by atoms with Crippen molar-refractivity contribution < 1.29 is 14.6 Å². The Hall–Kier alpha value is -0.810. The normalized spacial score (nSPS) is 31.2. The highest BCUT2D eigenvalue weighted by molar-refractivity contribution is 6.34. The molecule has 3 rings (SSSR count). The largest absolute Gasteiger partial charge is 0.394 e. The molecule has 2 aliphatic rings. The van der Waals surface area contributed by atoms with E-state index in [9.17, 15) is 9.90 Å². The molecule has 1 aromatic rings. The first-order chi connectivity index (χ1) is 10.5. The molecule has 0 bridgehead atoms. The average Bonchev–Trinajstić information content (AvgIpc) is 3.26. The van der Waals surface area contributed by atoms with Crippen molar-refractivity contribution in [1.29, 1.82) is 0 Å². The summed E-state index contributed by atoms with van der Waals surface area (Å²) < 4.78 is 5.48. The van der Waals surface area contributed by atoms with Crippen LogP contribution in [-0.4, -0.2) is 47.8 Å². The van der Waals surface area contributed by atoms with E-state index in [0.717, 1.165) is 12.0 Å². The molecule has 1 N–H and O–H groups in total. The third-order valence-corrected chi connectivity index (χ3v) is 4.85. The van der Waals surface area contributed by atoms with E-state index in [1.54, 1.807) is 6.07 Å². The molecule has 1 heterocycles. The van der Waals surface area contributed by atoms with Crippen molar-refractivity contribution in [3.05, 3.63) is 33.8 Å². The molecule has 1 aliphatic carbocycles. The van der Waals surface area contributed by atoms with Crippen molar-refractivity contribution in [1.82, 2.24) is 4.90 Å². The molecule has 22 heavy (non-hydrogen) atoms. The number of aliphatic hydroxyl groups is 1. The van der Waals surface area contributed by atoms with Crippen molar-refractivity contribution in [3.63, 3.8) is 0 Å². The Morgan fingerprint density at radius 3 is 2.68 bits per heavy atom. The number of amides is 1. The highest BCUT2D eigenvalue weighted by Gasteiger charge is 2.47. The van der Waals surface area contributed by atoms with Gasteiger partial charge in [-0.2, -0.15) is 0 Å². The Morgan fingerprint density at radius 1 is 1.36 bits per heavy atom. The van der Waals surface area contributed by atoms with E-state index in [0.29, 0.717) is 23.2 Å². The maximum atomic E-state index is 12.7. The van der Waals surface area contributed by atoms with Crippen LogP contribution in [0.4, 0.5) is 0 Å². The van der Waals surface area contributed by atoms with Gasteiger partial charge in [0.05, 0.1) is 25.4 Å². The number of morpholine rings is 1. The lowest BCUT2D eigenvalue weighted by atomic mass is 10.1. The lowest BCUT2D eigenvalue weighted by Crippen LogP contribution is -2.52. The zero-order chi connectivity index (χ0) is 15.9. The van der Waals surface area contributed by atoms with Crippen LogP contribution in [0.15, 0.2) is 18.2 Å². The fourth-order valence-electron chi connectivity index (χ4n) is 3.07. The molecule has 1 saturated heterocycles. The lowest BCUT2D eigenvalue weighted by Gasteiger charge is -2.37. The number of aliphatic hydroxyl groups excluding tert-OH is 1. The number of hydrogen-bond acceptors (Lipinski definition) is 3. The molecule has 4 unspecified atom stereocenters. The zero-order valence-corrected chi connectivity index (χ0v) is 13.8. The van der Waals surface area contributed by atoms with E-state index in [1.807, 2.05) is 24.0 Å². The molecular weight excluding hydrogens is 325 g/mol. The summed E-state index contributed by atoms with van der Waals surface area (Å²) in [7, 11) is 0. The number of hydrogen-bond donors (Lipinski definition) is 1. The summed E-state index contributed by atoms with van der Waals surface area (Å²) in [6, 6.07) is 5.50. The summed E-state index contributed by atoms with van der Waals surface area (Å²) in [6.45, 7) is 2.83. The number of carbonyl (C=O) groups excluding carboxylic acids is 1. The third-order valence-electron chi connectivity index (χ3n) is 4.41. The second-order valence-corrected chi connectivity index (χ2v) is 7.00. The number of nitrogens with zero attached hydrogens (tertiary/aromatic N) is 1. The van der Waals surface area contributed by atoms with E-state index < -0.39 is 0 Å². The summed E-state index contributed by atoms with van der Waals surface area (Å²) in [4.78, 5) is 14.5. The molecule has 1 aliphatic heterocycles. The summed E-state index contributed by atoms with van der Waals surface area (Å²) in [5, 5.41) is 10.4. The van der Waals surface area contributed by atoms with Gasteiger partial charge in [-0.05, 0) is 43.0 Å². The molecule has 0 spiro atoms. The molecule has 2 fully saturated rings. The fraction of sp³-hybridized carbons (Fsp3) is 0.562. The molecule has 0 aromatic heterocycles. The second kappa shape index (κ2) is 6.36. The predicted molar refractivity (Wildman–Crippen MR) is 85.3 cm³/mol. The molecule has 0 radical (unpaired) electrons. The van der Waals surface area contributed by atoms with Crippen LogP contribution in [0, 0.1) is 5.92 Å². The van der Waals surface area contributed by atoms with Crippen LogP contribution >= 0.6 is 23.2 Å². The molecule has 1 amide bonds. The van der Waals surface area contributed by atoms with Crippen molar-refractivity contribution in [2.45, 2.75) is 31.4 Å². The van der Waals surface area contributed by atoms with E-state index in [-0.39, 0.29) is 36.5 Å². The molecule has 120 valence electrons. The van der Waals surface area contributed by atoms with Crippen LogP contribution in [0.2, 0.25) is 10.0 Å². The fourth-order valence-corrected chi connectivity index (χ4v) is 3.62. The number of carbonyl (C=O) groups is 1. The van der Waals surface area contributed by atoms with Crippen LogP contribution in [0.3, 0.4) is 0 Å². The van der Waals surface area contributed by atoms with Gasteiger partial charge in [0.15, 0.2) is 0 Å². The van der Waals surface area contributed by atoms with Crippen LogP contribution < -0.4 is 0 Å². The Balaban J connectivity index is 1.69. The van der Waals surface area contributed by atoms with Crippen molar-refractivity contribution >= 4 is 29.1 Å². The summed E-state index contributed by atoms with van der Waals surface area (Å²) >= 11 is 12.1. The summed E-state index contributed by atoms with van der Waals surface area (Å²) in [5.74, 6) is 0.302. The van der Waals surface area contributed by atoms with Gasteiger partial charge in [0.1, 0.15) is 0 Å². The lowest BCUT2D eigenvalue weighted by molar-refractivity contribution is -0.147. The minimum absolute atomic E-state index is 0.0190. The predicted octanol–water partition coefficient (Wildman–Crippen LogP) is 2.71. The van der Waals surface area contributed by atoms with Gasteiger partial charge in [-0.3, -0.25) is 4.79 Å². The first-order valence-electron chi connectivity index (χ1n) is 7.48. The monoisotopic (exact) mass is 343 g/mol. The maximum Gasteiger partial charge on any atom is 0.226 e. The van der Waals surface area contributed by atoms with Crippen LogP contribution in [-0.2, 0) is 9.53 Å². The van der Waals surface area contributed by atoms with Crippen LogP contribution in [0.5, 0.6) is 0 Å². The highest BCUT2D eigenvalue weighted by atomic mass is 35.5. The minimum atomic E-state index is -0.280. The molecule has 1 aromatic carbocycles. The maximum absolute atomic E-state index is 12.7. The van der Waals surface area contributed by atoms with E-state index >= 15 is 0 Å². The Bertz CT molecular complexity index is 560. The Kier molecular flexibility index (Phi) is 4.64. The first kappa shape index (κ1) is 16.1. The smallest absolute Gasteiger partial charge is 0.226 e. The highest BCUT2D eigenvalue weighted by Crippen LogP contribution is 2.49. The quantitative estimate of drug-likeness (QED) is 0.917. The van der Waals surface area contributed by atoms with Gasteiger partial charge in [0.2, 0.25) is 5.91 Å². The van der Waals surface area contributed by atoms with Crippen molar-refractivity contribution in [2.75, 3.05) is 19.8 Å². The van der Waals surface area contributed by atoms with E-state index in [4.69, 9.17) is 27.9 Å². The summed E-state index contributed by atoms with van der Waals surface area (Å²) in [5.41, 5.74) is 1.02. The molecule has 6 heteroatoms. The Morgan fingerprint density at radius 2 is 2.05 bits per heavy atom. The van der Waals surface area contributed by atoms with Gasteiger partial charge in [-0.15, -0.1) is 0 Å². The number of rotatable bonds is 3. The average molecular weight is 344 g/mol. The van der Waals surface area contributed by atoms with Crippen LogP contribution in [0.1, 0.15) is 24.8 Å². The molecule has 1 saturated carbocycles. The van der Waals surface area contributed by atoms with Gasteiger partial charge in [0, 0.05) is 22.5 Å². The zero-order valence-electron chi connectivity index (χ0n) is 12.3. The molecular formula is C16H19Cl2NO3. The minimum Gasteiger partial charge on any atom is -0.394 e. The topological polar surface area (TPSA) is 49.8 Å². The van der Waals surface area contributed by atoms with Gasteiger partial charge in [0.25, 0.3) is 0 Å². The van der Waals surface area contributed by atoms with E-state index in [1.165, 1.54) is 0 Å². The second-order valence-electron chi connectivity index (χ2n) is 6.13. The van der Waals surface area contributed by atoms with Gasteiger partial charge in [-0.25, -0.2) is 0 Å². The van der Waals surface area contributed by atoms with Crippen molar-refractivity contribution in [2.24, 2.45) is 5.92 Å². The van der Waals surface area contributed by atoms with Crippen molar-refractivity contribution in [3.8, 4) is 0 Å². The van der Waals surface area contributed by atoms with Gasteiger partial charge >= 0.3 is 0 Å². The van der Waals surface area contributed by atoms with E-state index in [2.05, 4.69) is 0 Å². The molecule has 4 atom stereocenters. The number of halogens is 2. The Labute approximate surface area is 140 Å². The van der Waals surface area contributed by atoms with Gasteiger partial charge in [-0.1, -0.05) is 23.2 Å².